The van der Waals surface area contributed by atoms with Gasteiger partial charge in [-0.05, 0) is 68.7 Å². The number of aliphatic hydroxyl groups is 1. The molecule has 0 spiro atoms. The van der Waals surface area contributed by atoms with Crippen molar-refractivity contribution in [1.82, 2.24) is 9.55 Å². The number of aromatic nitrogens is 2. The molecule has 162 valence electrons. The van der Waals surface area contributed by atoms with Crippen LogP contribution in [0.25, 0.3) is 17.3 Å². The molecule has 2 aliphatic rings. The molecule has 5 rings (SSSR count). The van der Waals surface area contributed by atoms with Gasteiger partial charge in [-0.3, -0.25) is 0 Å². The summed E-state index contributed by atoms with van der Waals surface area (Å²) in [5.74, 6) is 6.12. The van der Waals surface area contributed by atoms with Gasteiger partial charge in [-0.15, -0.1) is 0 Å². The molecule has 1 saturated carbocycles. The van der Waals surface area contributed by atoms with Crippen molar-refractivity contribution < 1.29 is 9.50 Å². The smallest absolute Gasteiger partial charge is 0.126 e. The van der Waals surface area contributed by atoms with Crippen molar-refractivity contribution in [3.63, 3.8) is 0 Å². The predicted molar refractivity (Wildman–Crippen MR) is 125 cm³/mol. The number of imidazole rings is 1. The van der Waals surface area contributed by atoms with Crippen LogP contribution >= 0.6 is 0 Å². The lowest BCUT2D eigenvalue weighted by molar-refractivity contribution is -0.0237. The Labute approximate surface area is 188 Å². The molecular weight excluding hydrogens is 399 g/mol. The maximum atomic E-state index is 13.4. The highest BCUT2D eigenvalue weighted by Gasteiger charge is 2.50. The summed E-state index contributed by atoms with van der Waals surface area (Å²) in [6.07, 6.45) is 7.06. The van der Waals surface area contributed by atoms with Gasteiger partial charge in [0, 0.05) is 29.0 Å². The standard InChI is InChI=1S/C28H27FN2O/c1-27-18-31-19-30-26(21-11-13-23(29)14-12-21)24(31)17-22(27)9-6-10-25(27)28(2,32)16-15-20-7-4-3-5-8-20/h3-5,7-8,11-14,17,19,25,32H,6,9-10,18H2,1-2H3/t25-,27-,28+/m0/s1. The first-order valence-electron chi connectivity index (χ1n) is 11.2. The third-order valence-corrected chi connectivity index (χ3v) is 7.16. The van der Waals surface area contributed by atoms with Gasteiger partial charge in [0.25, 0.3) is 0 Å². The summed E-state index contributed by atoms with van der Waals surface area (Å²) in [6, 6.07) is 16.3. The molecule has 1 aromatic heterocycles. The first-order chi connectivity index (χ1) is 15.4. The zero-order chi connectivity index (χ0) is 22.3. The summed E-state index contributed by atoms with van der Waals surface area (Å²) < 4.78 is 15.6. The van der Waals surface area contributed by atoms with Crippen LogP contribution in [-0.2, 0) is 6.54 Å². The van der Waals surface area contributed by atoms with Crippen molar-refractivity contribution in [2.45, 2.75) is 45.3 Å². The molecule has 32 heavy (non-hydrogen) atoms. The lowest BCUT2D eigenvalue weighted by Crippen LogP contribution is -2.49. The minimum Gasteiger partial charge on any atom is -0.378 e. The first-order valence-corrected chi connectivity index (χ1v) is 11.2. The van der Waals surface area contributed by atoms with E-state index < -0.39 is 5.60 Å². The van der Waals surface area contributed by atoms with E-state index in [0.29, 0.717) is 0 Å². The number of benzene rings is 2. The highest BCUT2D eigenvalue weighted by Crippen LogP contribution is 2.53. The largest absolute Gasteiger partial charge is 0.378 e. The third-order valence-electron chi connectivity index (χ3n) is 7.16. The molecule has 4 heteroatoms. The summed E-state index contributed by atoms with van der Waals surface area (Å²) in [5, 5.41) is 11.5. The molecule has 2 heterocycles. The second-order valence-corrected chi connectivity index (χ2v) is 9.41. The van der Waals surface area contributed by atoms with Gasteiger partial charge in [0.1, 0.15) is 11.4 Å². The van der Waals surface area contributed by atoms with Crippen molar-refractivity contribution in [3.8, 4) is 23.1 Å². The molecule has 1 aliphatic carbocycles. The average molecular weight is 427 g/mol. The van der Waals surface area contributed by atoms with Gasteiger partial charge in [0.15, 0.2) is 0 Å². The predicted octanol–water partition coefficient (Wildman–Crippen LogP) is 5.70. The second-order valence-electron chi connectivity index (χ2n) is 9.41. The molecule has 1 fully saturated rings. The van der Waals surface area contributed by atoms with E-state index in [9.17, 15) is 9.50 Å². The lowest BCUT2D eigenvalue weighted by Gasteiger charge is -2.50. The fourth-order valence-electron chi connectivity index (χ4n) is 5.50. The molecule has 3 nitrogen and oxygen atoms in total. The van der Waals surface area contributed by atoms with Crippen LogP contribution in [0.4, 0.5) is 4.39 Å². The Morgan fingerprint density at radius 1 is 1.16 bits per heavy atom. The van der Waals surface area contributed by atoms with E-state index in [2.05, 4.69) is 34.4 Å². The SMILES string of the molecule is C[C@]12Cn3cnc(-c4ccc(F)cc4)c3C=C1CCC[C@@H]2[C@](C)(O)C#Cc1ccccc1. The van der Waals surface area contributed by atoms with E-state index in [0.717, 1.165) is 48.3 Å². The highest BCUT2D eigenvalue weighted by molar-refractivity contribution is 5.72. The van der Waals surface area contributed by atoms with E-state index in [4.69, 9.17) is 0 Å². The molecule has 0 amide bonds. The van der Waals surface area contributed by atoms with Crippen LogP contribution in [0.1, 0.15) is 44.4 Å². The number of hydrogen-bond acceptors (Lipinski definition) is 2. The molecule has 2 aromatic carbocycles. The number of hydrogen-bond donors (Lipinski definition) is 1. The van der Waals surface area contributed by atoms with Gasteiger partial charge in [0.2, 0.25) is 0 Å². The van der Waals surface area contributed by atoms with E-state index in [1.165, 1.54) is 17.7 Å². The maximum Gasteiger partial charge on any atom is 0.126 e. The van der Waals surface area contributed by atoms with Crippen molar-refractivity contribution in [1.29, 1.82) is 0 Å². The molecule has 3 atom stereocenters. The van der Waals surface area contributed by atoms with E-state index in [1.807, 2.05) is 43.6 Å². The minimum atomic E-state index is -1.11. The van der Waals surface area contributed by atoms with Crippen molar-refractivity contribution in [2.24, 2.45) is 11.3 Å². The Kier molecular flexibility index (Phi) is 5.03. The van der Waals surface area contributed by atoms with Gasteiger partial charge in [-0.25, -0.2) is 9.37 Å². The molecular formula is C28H27FN2O. The topological polar surface area (TPSA) is 38.0 Å². The Morgan fingerprint density at radius 3 is 2.66 bits per heavy atom. The van der Waals surface area contributed by atoms with Crippen LogP contribution in [0.5, 0.6) is 0 Å². The van der Waals surface area contributed by atoms with Crippen molar-refractivity contribution in [3.05, 3.63) is 83.6 Å². The highest BCUT2D eigenvalue weighted by atomic mass is 19.1. The summed E-state index contributed by atoms with van der Waals surface area (Å²) in [7, 11) is 0. The van der Waals surface area contributed by atoms with Gasteiger partial charge in [0.05, 0.1) is 17.7 Å². The lowest BCUT2D eigenvalue weighted by atomic mass is 9.58. The van der Waals surface area contributed by atoms with Crippen LogP contribution in [0.15, 0.2) is 66.5 Å². The van der Waals surface area contributed by atoms with E-state index >= 15 is 0 Å². The number of allylic oxidation sites excluding steroid dienone is 1. The van der Waals surface area contributed by atoms with Crippen LogP contribution in [-0.4, -0.2) is 20.3 Å². The fraction of sp³-hybridized carbons (Fsp3) is 0.321. The maximum absolute atomic E-state index is 13.4. The summed E-state index contributed by atoms with van der Waals surface area (Å²) >= 11 is 0. The number of halogens is 1. The Bertz CT molecular complexity index is 1230. The normalized spacial score (nSPS) is 23.8. The van der Waals surface area contributed by atoms with Gasteiger partial charge in [-0.1, -0.05) is 42.5 Å². The number of nitrogens with zero attached hydrogens (tertiary/aromatic N) is 2. The molecule has 0 unspecified atom stereocenters. The monoisotopic (exact) mass is 426 g/mol. The molecule has 3 aromatic rings. The van der Waals surface area contributed by atoms with Crippen LogP contribution in [0.3, 0.4) is 0 Å². The fourth-order valence-corrected chi connectivity index (χ4v) is 5.50. The molecule has 0 saturated heterocycles. The van der Waals surface area contributed by atoms with E-state index in [1.54, 1.807) is 12.1 Å². The zero-order valence-electron chi connectivity index (χ0n) is 18.5. The molecule has 0 radical (unpaired) electrons. The molecule has 1 aliphatic heterocycles. The first kappa shape index (κ1) is 20.7. The number of fused-ring (bicyclic) bond motifs is 2. The Hall–Kier alpha value is -3.16. The van der Waals surface area contributed by atoms with E-state index in [-0.39, 0.29) is 17.2 Å². The quantitative estimate of drug-likeness (QED) is 0.534. The van der Waals surface area contributed by atoms with Crippen molar-refractivity contribution in [2.75, 3.05) is 0 Å². The second kappa shape index (κ2) is 7.76. The average Bonchev–Trinajstić information content (AvgIpc) is 3.18. The molecule has 0 bridgehead atoms. The van der Waals surface area contributed by atoms with Gasteiger partial charge in [-0.2, -0.15) is 0 Å². The summed E-state index contributed by atoms with van der Waals surface area (Å²) in [5.41, 5.74) is 3.77. The third kappa shape index (κ3) is 3.57. The zero-order valence-corrected chi connectivity index (χ0v) is 18.5. The summed E-state index contributed by atoms with van der Waals surface area (Å²) in [6.45, 7) is 4.85. The number of rotatable bonds is 2. The minimum absolute atomic E-state index is 0.0102. The molecule has 1 N–H and O–H groups in total. The van der Waals surface area contributed by atoms with Gasteiger partial charge >= 0.3 is 0 Å². The summed E-state index contributed by atoms with van der Waals surface area (Å²) in [4.78, 5) is 4.66. The van der Waals surface area contributed by atoms with Crippen molar-refractivity contribution >= 4 is 6.08 Å². The Balaban J connectivity index is 1.50. The Morgan fingerprint density at radius 2 is 1.91 bits per heavy atom. The van der Waals surface area contributed by atoms with Crippen LogP contribution in [0.2, 0.25) is 0 Å². The van der Waals surface area contributed by atoms with Crippen LogP contribution < -0.4 is 0 Å². The van der Waals surface area contributed by atoms with Gasteiger partial charge < -0.3 is 9.67 Å². The van der Waals surface area contributed by atoms with Crippen LogP contribution in [0, 0.1) is 29.0 Å².